The summed E-state index contributed by atoms with van der Waals surface area (Å²) in [5, 5.41) is 3.60. The monoisotopic (exact) mass is 337 g/mol. The maximum Gasteiger partial charge on any atom is 0.338 e. The topological polar surface area (TPSA) is 103 Å². The van der Waals surface area contributed by atoms with Crippen LogP contribution < -0.4 is 4.31 Å². The number of aromatic nitrogens is 2. The second kappa shape index (κ2) is 5.99. The molecular weight excluding hydrogens is 322 g/mol. The number of esters is 1. The number of anilines is 1. The van der Waals surface area contributed by atoms with Crippen LogP contribution in [0, 0.1) is 6.92 Å². The molecule has 1 aromatic carbocycles. The fraction of sp³-hybridized carbons (Fsp3) is 0.357. The van der Waals surface area contributed by atoms with E-state index in [9.17, 15) is 13.2 Å². The Morgan fingerprint density at radius 2 is 2.26 bits per heavy atom. The van der Waals surface area contributed by atoms with Crippen LogP contribution >= 0.6 is 0 Å². The summed E-state index contributed by atoms with van der Waals surface area (Å²) in [6.07, 6.45) is 0.577. The van der Waals surface area contributed by atoms with Crippen molar-refractivity contribution in [1.82, 2.24) is 10.1 Å². The van der Waals surface area contributed by atoms with Crippen LogP contribution in [0.4, 0.5) is 5.69 Å². The first kappa shape index (κ1) is 15.5. The van der Waals surface area contributed by atoms with E-state index >= 15 is 0 Å². The molecular formula is C14H15N3O5S. The van der Waals surface area contributed by atoms with Gasteiger partial charge in [0.1, 0.15) is 0 Å². The Morgan fingerprint density at radius 3 is 2.91 bits per heavy atom. The predicted molar refractivity (Wildman–Crippen MR) is 80.3 cm³/mol. The minimum Gasteiger partial charge on any atom is -0.452 e. The van der Waals surface area contributed by atoms with Gasteiger partial charge in [-0.25, -0.2) is 13.2 Å². The molecule has 2 heterocycles. The van der Waals surface area contributed by atoms with E-state index in [-0.39, 0.29) is 23.8 Å². The molecule has 9 heteroatoms. The molecule has 0 N–H and O–H groups in total. The van der Waals surface area contributed by atoms with E-state index in [0.717, 1.165) is 0 Å². The molecule has 0 aliphatic carbocycles. The molecule has 0 unspecified atom stereocenters. The standard InChI is InChI=1S/C14H15N3O5S/c1-10-15-13(22-16-10)9-21-14(18)11-4-2-5-12(8-11)17-6-3-7-23(17,19)20/h2,4-5,8H,3,6-7,9H2,1H3. The molecule has 1 aromatic heterocycles. The van der Waals surface area contributed by atoms with Crippen molar-refractivity contribution in [1.29, 1.82) is 0 Å². The molecule has 0 radical (unpaired) electrons. The summed E-state index contributed by atoms with van der Waals surface area (Å²) in [5.41, 5.74) is 0.728. The van der Waals surface area contributed by atoms with Gasteiger partial charge in [0.2, 0.25) is 10.0 Å². The van der Waals surface area contributed by atoms with Gasteiger partial charge >= 0.3 is 5.97 Å². The molecule has 1 fully saturated rings. The van der Waals surface area contributed by atoms with Crippen molar-refractivity contribution in [3.8, 4) is 0 Å². The molecule has 122 valence electrons. The Morgan fingerprint density at radius 1 is 1.43 bits per heavy atom. The number of carbonyl (C=O) groups excluding carboxylic acids is 1. The summed E-state index contributed by atoms with van der Waals surface area (Å²) in [6, 6.07) is 6.34. The number of hydrogen-bond acceptors (Lipinski definition) is 7. The highest BCUT2D eigenvalue weighted by molar-refractivity contribution is 7.93. The van der Waals surface area contributed by atoms with Crippen molar-refractivity contribution in [2.75, 3.05) is 16.6 Å². The molecule has 0 saturated carbocycles. The lowest BCUT2D eigenvalue weighted by Crippen LogP contribution is -2.25. The van der Waals surface area contributed by atoms with E-state index in [1.165, 1.54) is 10.4 Å². The second-order valence-corrected chi connectivity index (χ2v) is 7.12. The highest BCUT2D eigenvalue weighted by Crippen LogP contribution is 2.25. The Bertz CT molecular complexity index is 830. The Balaban J connectivity index is 1.73. The lowest BCUT2D eigenvalue weighted by Gasteiger charge is -2.17. The third kappa shape index (κ3) is 3.34. The molecule has 1 aliphatic rings. The third-order valence-corrected chi connectivity index (χ3v) is 5.24. The maximum absolute atomic E-state index is 12.1. The zero-order chi connectivity index (χ0) is 16.4. The van der Waals surface area contributed by atoms with Crippen molar-refractivity contribution in [3.05, 3.63) is 41.5 Å². The van der Waals surface area contributed by atoms with Crippen LogP contribution in [-0.2, 0) is 21.4 Å². The average Bonchev–Trinajstić information content (AvgIpc) is 3.10. The fourth-order valence-electron chi connectivity index (χ4n) is 2.33. The highest BCUT2D eigenvalue weighted by Gasteiger charge is 2.28. The normalized spacial score (nSPS) is 16.5. The lowest BCUT2D eigenvalue weighted by atomic mass is 10.2. The summed E-state index contributed by atoms with van der Waals surface area (Å²) in [7, 11) is -3.29. The largest absolute Gasteiger partial charge is 0.452 e. The van der Waals surface area contributed by atoms with Gasteiger partial charge in [-0.15, -0.1) is 0 Å². The molecule has 0 spiro atoms. The number of carbonyl (C=O) groups is 1. The number of rotatable bonds is 4. The minimum atomic E-state index is -3.29. The van der Waals surface area contributed by atoms with Crippen molar-refractivity contribution in [2.45, 2.75) is 20.0 Å². The number of aryl methyl sites for hydroxylation is 1. The summed E-state index contributed by atoms with van der Waals surface area (Å²) < 4.78 is 35.1. The van der Waals surface area contributed by atoms with E-state index < -0.39 is 16.0 Å². The first-order chi connectivity index (χ1) is 11.0. The number of hydrogen-bond donors (Lipinski definition) is 0. The van der Waals surface area contributed by atoms with Crippen LogP contribution in [0.3, 0.4) is 0 Å². The van der Waals surface area contributed by atoms with Crippen molar-refractivity contribution in [3.63, 3.8) is 0 Å². The van der Waals surface area contributed by atoms with E-state index in [1.54, 1.807) is 25.1 Å². The Kier molecular flexibility index (Phi) is 4.03. The number of benzene rings is 1. The first-order valence-corrected chi connectivity index (χ1v) is 8.63. The number of ether oxygens (including phenoxy) is 1. The van der Waals surface area contributed by atoms with Gasteiger partial charge in [-0.1, -0.05) is 11.2 Å². The van der Waals surface area contributed by atoms with E-state index in [1.807, 2.05) is 0 Å². The second-order valence-electron chi connectivity index (χ2n) is 5.10. The van der Waals surface area contributed by atoms with Crippen LogP contribution in [-0.4, -0.2) is 36.8 Å². The number of nitrogens with zero attached hydrogens (tertiary/aromatic N) is 3. The third-order valence-electron chi connectivity index (χ3n) is 3.37. The maximum atomic E-state index is 12.1. The van der Waals surface area contributed by atoms with Gasteiger partial charge in [0.25, 0.3) is 5.89 Å². The van der Waals surface area contributed by atoms with Gasteiger partial charge < -0.3 is 9.26 Å². The molecule has 1 saturated heterocycles. The van der Waals surface area contributed by atoms with Gasteiger partial charge in [-0.05, 0) is 31.5 Å². The molecule has 0 atom stereocenters. The summed E-state index contributed by atoms with van der Waals surface area (Å²) in [6.45, 7) is 1.95. The molecule has 0 amide bonds. The van der Waals surface area contributed by atoms with E-state index in [2.05, 4.69) is 10.1 Å². The molecule has 8 nitrogen and oxygen atoms in total. The molecule has 0 bridgehead atoms. The average molecular weight is 337 g/mol. The van der Waals surface area contributed by atoms with Gasteiger partial charge in [0.05, 0.1) is 17.0 Å². The number of sulfonamides is 1. The van der Waals surface area contributed by atoms with Crippen LogP contribution in [0.1, 0.15) is 28.5 Å². The van der Waals surface area contributed by atoms with Crippen molar-refractivity contribution < 1.29 is 22.5 Å². The zero-order valence-electron chi connectivity index (χ0n) is 12.4. The summed E-state index contributed by atoms with van der Waals surface area (Å²) in [4.78, 5) is 16.0. The first-order valence-electron chi connectivity index (χ1n) is 7.02. The Labute approximate surface area is 133 Å². The van der Waals surface area contributed by atoms with Gasteiger partial charge in [0, 0.05) is 6.54 Å². The summed E-state index contributed by atoms with van der Waals surface area (Å²) >= 11 is 0. The van der Waals surface area contributed by atoms with Crippen LogP contribution in [0.2, 0.25) is 0 Å². The molecule has 23 heavy (non-hydrogen) atoms. The van der Waals surface area contributed by atoms with Crippen LogP contribution in [0.15, 0.2) is 28.8 Å². The van der Waals surface area contributed by atoms with Crippen LogP contribution in [0.5, 0.6) is 0 Å². The smallest absolute Gasteiger partial charge is 0.338 e. The quantitative estimate of drug-likeness (QED) is 0.774. The fourth-order valence-corrected chi connectivity index (χ4v) is 3.88. The Hall–Kier alpha value is -2.42. The van der Waals surface area contributed by atoms with E-state index in [0.29, 0.717) is 24.5 Å². The van der Waals surface area contributed by atoms with Gasteiger partial charge in [-0.2, -0.15) is 4.98 Å². The zero-order valence-corrected chi connectivity index (χ0v) is 13.2. The molecule has 3 rings (SSSR count). The van der Waals surface area contributed by atoms with Crippen LogP contribution in [0.25, 0.3) is 0 Å². The lowest BCUT2D eigenvalue weighted by molar-refractivity contribution is 0.0430. The van der Waals surface area contributed by atoms with Gasteiger partial charge in [0.15, 0.2) is 12.4 Å². The highest BCUT2D eigenvalue weighted by atomic mass is 32.2. The SMILES string of the molecule is Cc1noc(COC(=O)c2cccc(N3CCCS3(=O)=O)c2)n1. The molecule has 2 aromatic rings. The minimum absolute atomic E-state index is 0.123. The van der Waals surface area contributed by atoms with Crippen molar-refractivity contribution in [2.24, 2.45) is 0 Å². The van der Waals surface area contributed by atoms with Crippen molar-refractivity contribution >= 4 is 21.7 Å². The summed E-state index contributed by atoms with van der Waals surface area (Å²) in [5.74, 6) is 0.198. The molecule has 1 aliphatic heterocycles. The predicted octanol–water partition coefficient (Wildman–Crippen LogP) is 1.27. The van der Waals surface area contributed by atoms with Gasteiger partial charge in [-0.3, -0.25) is 4.31 Å². The van der Waals surface area contributed by atoms with E-state index in [4.69, 9.17) is 9.26 Å².